The number of ether oxygens (including phenoxy) is 1. The first-order valence-corrected chi connectivity index (χ1v) is 15.3. The van der Waals surface area contributed by atoms with E-state index in [1.165, 1.54) is 35.3 Å². The van der Waals surface area contributed by atoms with Crippen molar-refractivity contribution in [2.75, 3.05) is 17.2 Å². The van der Waals surface area contributed by atoms with Crippen LogP contribution in [0.15, 0.2) is 78.0 Å². The lowest BCUT2D eigenvalue weighted by molar-refractivity contribution is -0.274. The summed E-state index contributed by atoms with van der Waals surface area (Å²) in [6.07, 6.45) is -0.707. The quantitative estimate of drug-likeness (QED) is 0.219. The molecule has 230 valence electrons. The van der Waals surface area contributed by atoms with Gasteiger partial charge >= 0.3 is 12.4 Å². The number of thioether (sulfide) groups is 1. The van der Waals surface area contributed by atoms with E-state index in [-0.39, 0.29) is 17.8 Å². The third-order valence-corrected chi connectivity index (χ3v) is 8.23. The second kappa shape index (κ2) is 13.5. The SMILES string of the molecule is Cc1cccc(C)c1N1CCCS/C1=N\C(=O)NC(C)CCc1ccc(-c2ncn(-c3ccc(OC(F)(F)F)cc3)n2)cc1. The van der Waals surface area contributed by atoms with Crippen LogP contribution in [0.4, 0.5) is 23.7 Å². The van der Waals surface area contributed by atoms with Crippen LogP contribution in [0, 0.1) is 13.8 Å². The van der Waals surface area contributed by atoms with E-state index in [1.54, 1.807) is 11.8 Å². The normalized spacial score (nSPS) is 15.3. The standard InChI is InChI=1S/C32H33F3N6O2S/c1-21-6-4-7-22(2)28(21)40-18-5-19-44-31(40)38-30(42)37-23(3)8-9-24-10-12-25(13-11-24)29-36-20-41(39-29)26-14-16-27(17-15-26)43-32(33,34)35/h4,6-7,10-17,20,23H,5,8-9,18-19H2,1-3H3,(H,37,42)/b38-31-. The molecule has 1 N–H and O–H groups in total. The van der Waals surface area contributed by atoms with Gasteiger partial charge in [0.1, 0.15) is 12.1 Å². The molecule has 4 aromatic rings. The smallest absolute Gasteiger partial charge is 0.406 e. The van der Waals surface area contributed by atoms with Gasteiger partial charge in [-0.15, -0.1) is 18.3 Å². The highest BCUT2D eigenvalue weighted by Crippen LogP contribution is 2.31. The highest BCUT2D eigenvalue weighted by molar-refractivity contribution is 8.14. The highest BCUT2D eigenvalue weighted by Gasteiger charge is 2.31. The summed E-state index contributed by atoms with van der Waals surface area (Å²) in [5.74, 6) is 1.12. The molecule has 8 nitrogen and oxygen atoms in total. The summed E-state index contributed by atoms with van der Waals surface area (Å²) in [4.78, 5) is 23.8. The molecule has 2 amide bonds. The van der Waals surface area contributed by atoms with E-state index < -0.39 is 6.36 Å². The number of nitrogens with zero attached hydrogens (tertiary/aromatic N) is 5. The van der Waals surface area contributed by atoms with E-state index in [4.69, 9.17) is 0 Å². The van der Waals surface area contributed by atoms with E-state index >= 15 is 0 Å². The van der Waals surface area contributed by atoms with Gasteiger partial charge in [-0.1, -0.05) is 54.2 Å². The van der Waals surface area contributed by atoms with Crippen LogP contribution in [0.2, 0.25) is 0 Å². The fraction of sp³-hybridized carbons (Fsp3) is 0.312. The first kappa shape index (κ1) is 31.1. The summed E-state index contributed by atoms with van der Waals surface area (Å²) in [6.45, 7) is 6.97. The van der Waals surface area contributed by atoms with Gasteiger partial charge in [-0.3, -0.25) is 0 Å². The van der Waals surface area contributed by atoms with Gasteiger partial charge in [0, 0.05) is 29.6 Å². The van der Waals surface area contributed by atoms with Crippen LogP contribution in [-0.2, 0) is 6.42 Å². The highest BCUT2D eigenvalue weighted by atomic mass is 32.2. The Bertz CT molecular complexity index is 1600. The van der Waals surface area contributed by atoms with E-state index in [2.05, 4.69) is 56.0 Å². The molecule has 0 bridgehead atoms. The number of urea groups is 1. The molecule has 0 saturated carbocycles. The zero-order valence-corrected chi connectivity index (χ0v) is 25.5. The van der Waals surface area contributed by atoms with Crippen molar-refractivity contribution in [1.82, 2.24) is 20.1 Å². The number of aromatic nitrogens is 3. The average Bonchev–Trinajstić information content (AvgIpc) is 3.47. The van der Waals surface area contributed by atoms with Crippen LogP contribution in [-0.4, -0.2) is 50.7 Å². The molecular weight excluding hydrogens is 589 g/mol. The van der Waals surface area contributed by atoms with E-state index in [0.29, 0.717) is 11.5 Å². The number of halogens is 3. The Balaban J connectivity index is 1.15. The number of alkyl halides is 3. The van der Waals surface area contributed by atoms with Crippen molar-refractivity contribution in [3.8, 4) is 22.8 Å². The maximum atomic E-state index is 12.9. The summed E-state index contributed by atoms with van der Waals surface area (Å²) < 4.78 is 42.6. The van der Waals surface area contributed by atoms with Gasteiger partial charge < -0.3 is 15.0 Å². The van der Waals surface area contributed by atoms with Gasteiger partial charge in [-0.25, -0.2) is 14.5 Å². The van der Waals surface area contributed by atoms with Crippen LogP contribution in [0.25, 0.3) is 17.1 Å². The molecule has 1 fully saturated rings. The largest absolute Gasteiger partial charge is 0.573 e. The molecule has 1 saturated heterocycles. The fourth-order valence-corrected chi connectivity index (χ4v) is 5.96. The number of aryl methyl sites for hydroxylation is 3. The van der Waals surface area contributed by atoms with Crippen LogP contribution in [0.5, 0.6) is 5.75 Å². The molecule has 1 aliphatic heterocycles. The number of carbonyl (C=O) groups excluding carboxylic acids is 1. The molecule has 1 atom stereocenters. The van der Waals surface area contributed by atoms with Gasteiger partial charge in [0.15, 0.2) is 11.0 Å². The second-order valence-corrected chi connectivity index (χ2v) is 11.7. The number of para-hydroxylation sites is 1. The van der Waals surface area contributed by atoms with Crippen LogP contribution in [0.3, 0.4) is 0 Å². The minimum Gasteiger partial charge on any atom is -0.406 e. The number of benzene rings is 3. The number of carbonyl (C=O) groups is 1. The van der Waals surface area contributed by atoms with Crippen molar-refractivity contribution in [1.29, 1.82) is 0 Å². The molecule has 3 aromatic carbocycles. The first-order chi connectivity index (χ1) is 21.1. The van der Waals surface area contributed by atoms with Crippen molar-refractivity contribution >= 4 is 28.6 Å². The Morgan fingerprint density at radius 2 is 1.77 bits per heavy atom. The van der Waals surface area contributed by atoms with E-state index in [1.807, 2.05) is 37.3 Å². The molecule has 2 heterocycles. The van der Waals surface area contributed by atoms with Gasteiger partial charge in [0.25, 0.3) is 0 Å². The number of hydrogen-bond acceptors (Lipinski definition) is 5. The Kier molecular flexibility index (Phi) is 9.58. The maximum Gasteiger partial charge on any atom is 0.573 e. The van der Waals surface area contributed by atoms with Crippen LogP contribution < -0.4 is 15.0 Å². The molecule has 5 rings (SSSR count). The second-order valence-electron chi connectivity index (χ2n) is 10.6. The lowest BCUT2D eigenvalue weighted by Crippen LogP contribution is -2.38. The Hall–Kier alpha value is -4.32. The predicted molar refractivity (Wildman–Crippen MR) is 168 cm³/mol. The Morgan fingerprint density at radius 1 is 1.07 bits per heavy atom. The van der Waals surface area contributed by atoms with Crippen LogP contribution >= 0.6 is 11.8 Å². The van der Waals surface area contributed by atoms with Gasteiger partial charge in [-0.05, 0) is 81.0 Å². The third-order valence-electron chi connectivity index (χ3n) is 7.17. The molecule has 0 aliphatic carbocycles. The molecule has 0 radical (unpaired) electrons. The lowest BCUT2D eigenvalue weighted by Gasteiger charge is -2.32. The molecule has 12 heteroatoms. The predicted octanol–water partition coefficient (Wildman–Crippen LogP) is 7.48. The van der Waals surface area contributed by atoms with Crippen molar-refractivity contribution < 1.29 is 22.7 Å². The Morgan fingerprint density at radius 3 is 2.45 bits per heavy atom. The van der Waals surface area contributed by atoms with Gasteiger partial charge in [0.05, 0.1) is 5.69 Å². The average molecular weight is 623 g/mol. The van der Waals surface area contributed by atoms with Crippen molar-refractivity contribution in [3.05, 3.63) is 89.7 Å². The number of amidine groups is 1. The fourth-order valence-electron chi connectivity index (χ4n) is 5.02. The molecule has 0 spiro atoms. The zero-order valence-electron chi connectivity index (χ0n) is 24.6. The number of amides is 2. The summed E-state index contributed by atoms with van der Waals surface area (Å²) in [7, 11) is 0. The molecule has 1 aromatic heterocycles. The lowest BCUT2D eigenvalue weighted by atomic mass is 10.0. The molecule has 1 unspecified atom stereocenters. The summed E-state index contributed by atoms with van der Waals surface area (Å²) >= 11 is 1.61. The Labute approximate surface area is 258 Å². The van der Waals surface area contributed by atoms with Crippen LogP contribution in [0.1, 0.15) is 36.5 Å². The number of nitrogens with one attached hydrogen (secondary N) is 1. The van der Waals surface area contributed by atoms with E-state index in [9.17, 15) is 18.0 Å². The molecule has 44 heavy (non-hydrogen) atoms. The monoisotopic (exact) mass is 622 g/mol. The summed E-state index contributed by atoms with van der Waals surface area (Å²) in [5.41, 5.74) is 5.91. The van der Waals surface area contributed by atoms with Crippen molar-refractivity contribution in [2.45, 2.75) is 52.4 Å². The van der Waals surface area contributed by atoms with Crippen molar-refractivity contribution in [3.63, 3.8) is 0 Å². The maximum absolute atomic E-state index is 12.9. The summed E-state index contributed by atoms with van der Waals surface area (Å²) in [6, 6.07) is 19.0. The number of aliphatic imine (C=N–C) groups is 1. The zero-order chi connectivity index (χ0) is 31.3. The minimum absolute atomic E-state index is 0.0703. The van der Waals surface area contributed by atoms with Gasteiger partial charge in [0.2, 0.25) is 0 Å². The number of rotatable bonds is 8. The number of hydrogen-bond donors (Lipinski definition) is 1. The third kappa shape index (κ3) is 7.98. The van der Waals surface area contributed by atoms with Crippen molar-refractivity contribution in [2.24, 2.45) is 4.99 Å². The minimum atomic E-state index is -4.74. The van der Waals surface area contributed by atoms with Gasteiger partial charge in [-0.2, -0.15) is 4.99 Å². The molecule has 1 aliphatic rings. The topological polar surface area (TPSA) is 84.6 Å². The number of anilines is 1. The van der Waals surface area contributed by atoms with E-state index in [0.717, 1.165) is 64.7 Å². The molecular formula is C32H33F3N6O2S. The summed E-state index contributed by atoms with van der Waals surface area (Å²) in [5, 5.41) is 8.20. The first-order valence-electron chi connectivity index (χ1n) is 14.3.